The number of anilines is 1. The number of alkyl carbamates (subject to hydrolysis) is 1. The van der Waals surface area contributed by atoms with Gasteiger partial charge in [0.15, 0.2) is 0 Å². The van der Waals surface area contributed by atoms with Crippen molar-refractivity contribution in [1.82, 2.24) is 10.3 Å². The summed E-state index contributed by atoms with van der Waals surface area (Å²) in [5.41, 5.74) is 1.95. The number of nitrogens with zero attached hydrogens (tertiary/aromatic N) is 2. The van der Waals surface area contributed by atoms with Crippen LogP contribution in [0.15, 0.2) is 66.9 Å². The third-order valence-corrected chi connectivity index (χ3v) is 5.85. The zero-order valence-corrected chi connectivity index (χ0v) is 22.1. The fraction of sp³-hybridized carbons (Fsp3) is 0.345. The molecule has 0 unspecified atom stereocenters. The summed E-state index contributed by atoms with van der Waals surface area (Å²) in [4.78, 5) is 32.2. The van der Waals surface area contributed by atoms with Crippen LogP contribution in [0.25, 0.3) is 0 Å². The van der Waals surface area contributed by atoms with E-state index in [2.05, 4.69) is 10.3 Å². The highest BCUT2D eigenvalue weighted by Crippen LogP contribution is 2.29. The predicted octanol–water partition coefficient (Wildman–Crippen LogP) is 6.56. The first kappa shape index (κ1) is 28.7. The van der Waals surface area contributed by atoms with Crippen molar-refractivity contribution in [2.75, 3.05) is 11.4 Å². The van der Waals surface area contributed by atoms with Crippen LogP contribution in [0.5, 0.6) is 0 Å². The van der Waals surface area contributed by atoms with E-state index >= 15 is 0 Å². The lowest BCUT2D eigenvalue weighted by molar-refractivity contribution is -0.137. The average molecular weight is 528 g/mol. The van der Waals surface area contributed by atoms with Crippen molar-refractivity contribution in [2.24, 2.45) is 0 Å². The van der Waals surface area contributed by atoms with Gasteiger partial charge in [0.25, 0.3) is 5.91 Å². The molecular weight excluding hydrogens is 495 g/mol. The molecule has 38 heavy (non-hydrogen) atoms. The second-order valence-corrected chi connectivity index (χ2v) is 10.0. The van der Waals surface area contributed by atoms with Crippen LogP contribution in [0.3, 0.4) is 0 Å². The minimum Gasteiger partial charge on any atom is -0.444 e. The van der Waals surface area contributed by atoms with Crippen LogP contribution in [-0.2, 0) is 22.1 Å². The topological polar surface area (TPSA) is 71.5 Å². The van der Waals surface area contributed by atoms with Crippen LogP contribution in [0.1, 0.15) is 54.8 Å². The van der Waals surface area contributed by atoms with Gasteiger partial charge in [-0.05, 0) is 75.6 Å². The van der Waals surface area contributed by atoms with E-state index in [1.807, 2.05) is 26.0 Å². The van der Waals surface area contributed by atoms with Gasteiger partial charge in [-0.25, -0.2) is 4.79 Å². The summed E-state index contributed by atoms with van der Waals surface area (Å²) < 4.78 is 44.3. The number of aryl methyl sites for hydroxylation is 2. The molecule has 1 aromatic heterocycles. The minimum atomic E-state index is -4.48. The molecule has 3 rings (SSSR count). The Morgan fingerprint density at radius 1 is 0.974 bits per heavy atom. The summed E-state index contributed by atoms with van der Waals surface area (Å²) in [6.07, 6.45) is -4.24. The first-order valence-electron chi connectivity index (χ1n) is 12.2. The van der Waals surface area contributed by atoms with Gasteiger partial charge in [0.05, 0.1) is 5.56 Å². The number of carbonyl (C=O) groups excluding carboxylic acids is 2. The summed E-state index contributed by atoms with van der Waals surface area (Å²) in [5, 5.41) is 2.70. The molecule has 0 fully saturated rings. The summed E-state index contributed by atoms with van der Waals surface area (Å²) in [6.45, 7) is 9.18. The molecule has 0 aliphatic rings. The molecule has 0 saturated heterocycles. The van der Waals surface area contributed by atoms with Gasteiger partial charge in [-0.3, -0.25) is 9.78 Å². The molecule has 0 bridgehead atoms. The van der Waals surface area contributed by atoms with E-state index in [1.165, 1.54) is 11.0 Å². The molecule has 2 aromatic carbocycles. The Bertz CT molecular complexity index is 1250. The third kappa shape index (κ3) is 7.81. The highest BCUT2D eigenvalue weighted by Gasteiger charge is 2.32. The maximum Gasteiger partial charge on any atom is 0.417 e. The van der Waals surface area contributed by atoms with Crippen LogP contribution in [-0.4, -0.2) is 29.1 Å². The number of hydrogen-bond donors (Lipinski definition) is 1. The minimum absolute atomic E-state index is 0.124. The predicted molar refractivity (Wildman–Crippen MR) is 140 cm³/mol. The molecule has 202 valence electrons. The Morgan fingerprint density at radius 3 is 2.21 bits per heavy atom. The van der Waals surface area contributed by atoms with E-state index in [0.717, 1.165) is 23.4 Å². The lowest BCUT2D eigenvalue weighted by Gasteiger charge is -2.29. The Hall–Kier alpha value is -3.88. The third-order valence-electron chi connectivity index (χ3n) is 5.85. The molecule has 3 aromatic rings. The lowest BCUT2D eigenvalue weighted by Crippen LogP contribution is -2.45. The highest BCUT2D eigenvalue weighted by atomic mass is 19.4. The van der Waals surface area contributed by atoms with Crippen molar-refractivity contribution in [3.05, 3.63) is 94.8 Å². The number of aromatic nitrogens is 1. The fourth-order valence-corrected chi connectivity index (χ4v) is 3.74. The number of carbonyl (C=O) groups is 2. The molecule has 0 radical (unpaired) electrons. The van der Waals surface area contributed by atoms with Gasteiger partial charge < -0.3 is 15.0 Å². The first-order chi connectivity index (χ1) is 17.7. The standard InChI is InChI=1S/C29H32F3N3O3/c1-19-11-14-24(17-20(19)2)35(16-15-23-13-12-22(18-33-23)29(30,31)32)26(36)25(21-9-7-6-8-10-21)34-27(37)38-28(3,4)5/h6-14,17-18,25H,15-16H2,1-5H3,(H,34,37)/t25-/m0/s1. The first-order valence-corrected chi connectivity index (χ1v) is 12.2. The molecule has 2 amide bonds. The molecule has 0 aliphatic heterocycles. The number of pyridine rings is 1. The number of alkyl halides is 3. The molecule has 0 saturated carbocycles. The number of benzene rings is 2. The average Bonchev–Trinajstić information content (AvgIpc) is 2.84. The van der Waals surface area contributed by atoms with Gasteiger partial charge in [-0.1, -0.05) is 36.4 Å². The van der Waals surface area contributed by atoms with Crippen LogP contribution < -0.4 is 10.2 Å². The van der Waals surface area contributed by atoms with Crippen molar-refractivity contribution < 1.29 is 27.5 Å². The zero-order valence-electron chi connectivity index (χ0n) is 22.1. The maximum atomic E-state index is 14.0. The Balaban J connectivity index is 1.95. The number of rotatable bonds is 7. The molecule has 1 heterocycles. The van der Waals surface area contributed by atoms with Crippen LogP contribution in [0.2, 0.25) is 0 Å². The molecule has 1 atom stereocenters. The maximum absolute atomic E-state index is 14.0. The summed E-state index contributed by atoms with van der Waals surface area (Å²) in [7, 11) is 0. The molecule has 1 N–H and O–H groups in total. The van der Waals surface area contributed by atoms with Crippen LogP contribution in [0.4, 0.5) is 23.7 Å². The number of halogens is 3. The quantitative estimate of drug-likeness (QED) is 0.378. The van der Waals surface area contributed by atoms with Gasteiger partial charge in [0, 0.05) is 30.5 Å². The Kier molecular flexibility index (Phi) is 8.81. The van der Waals surface area contributed by atoms with Crippen molar-refractivity contribution >= 4 is 17.7 Å². The van der Waals surface area contributed by atoms with Crippen molar-refractivity contribution in [1.29, 1.82) is 0 Å². The second kappa shape index (κ2) is 11.7. The van der Waals surface area contributed by atoms with Gasteiger partial charge in [0.2, 0.25) is 0 Å². The van der Waals surface area contributed by atoms with Crippen molar-refractivity contribution in [3.63, 3.8) is 0 Å². The fourth-order valence-electron chi connectivity index (χ4n) is 3.74. The lowest BCUT2D eigenvalue weighted by atomic mass is 10.0. The molecule has 0 aliphatic carbocycles. The smallest absolute Gasteiger partial charge is 0.417 e. The van der Waals surface area contributed by atoms with E-state index in [0.29, 0.717) is 16.9 Å². The Labute approximate surface area is 220 Å². The normalized spacial score (nSPS) is 12.5. The summed E-state index contributed by atoms with van der Waals surface area (Å²) in [5.74, 6) is -0.419. The SMILES string of the molecule is Cc1ccc(N(CCc2ccc(C(F)(F)F)cn2)C(=O)[C@@H](NC(=O)OC(C)(C)C)c2ccccc2)cc1C. The molecule has 0 spiro atoms. The van der Waals surface area contributed by atoms with E-state index in [9.17, 15) is 22.8 Å². The van der Waals surface area contributed by atoms with Crippen molar-refractivity contribution in [2.45, 2.75) is 58.9 Å². The number of ether oxygens (including phenoxy) is 1. The van der Waals surface area contributed by atoms with E-state index < -0.39 is 35.4 Å². The van der Waals surface area contributed by atoms with Crippen LogP contribution >= 0.6 is 0 Å². The molecular formula is C29H32F3N3O3. The number of amides is 2. The van der Waals surface area contributed by atoms with Crippen LogP contribution in [0, 0.1) is 13.8 Å². The van der Waals surface area contributed by atoms with Crippen molar-refractivity contribution in [3.8, 4) is 0 Å². The van der Waals surface area contributed by atoms with E-state index in [-0.39, 0.29) is 13.0 Å². The monoisotopic (exact) mass is 527 g/mol. The van der Waals surface area contributed by atoms with E-state index in [4.69, 9.17) is 4.74 Å². The molecule has 9 heteroatoms. The Morgan fingerprint density at radius 2 is 1.66 bits per heavy atom. The number of nitrogens with one attached hydrogen (secondary N) is 1. The summed E-state index contributed by atoms with van der Waals surface area (Å²) >= 11 is 0. The van der Waals surface area contributed by atoms with E-state index in [1.54, 1.807) is 57.2 Å². The molecule has 6 nitrogen and oxygen atoms in total. The van der Waals surface area contributed by atoms with Gasteiger partial charge in [-0.15, -0.1) is 0 Å². The van der Waals surface area contributed by atoms with Gasteiger partial charge in [-0.2, -0.15) is 13.2 Å². The highest BCUT2D eigenvalue weighted by molar-refractivity contribution is 5.99. The zero-order chi connectivity index (χ0) is 28.1. The van der Waals surface area contributed by atoms with Gasteiger partial charge in [0.1, 0.15) is 11.6 Å². The van der Waals surface area contributed by atoms with Gasteiger partial charge >= 0.3 is 12.3 Å². The second-order valence-electron chi connectivity index (χ2n) is 10.0. The number of hydrogen-bond acceptors (Lipinski definition) is 4. The summed E-state index contributed by atoms with van der Waals surface area (Å²) in [6, 6.07) is 15.6. The largest absolute Gasteiger partial charge is 0.444 e.